The average molecular weight is 702 g/mol. The summed E-state index contributed by atoms with van der Waals surface area (Å²) in [5, 5.41) is 26.6. The molecule has 1 aliphatic rings. The van der Waals surface area contributed by atoms with Crippen molar-refractivity contribution in [1.82, 2.24) is 13.7 Å². The van der Waals surface area contributed by atoms with E-state index >= 15 is 0 Å². The Bertz CT molecular complexity index is 3230. The molecule has 0 N–H and O–H groups in total. The van der Waals surface area contributed by atoms with Crippen LogP contribution in [0.15, 0.2) is 164 Å². The molecule has 0 bridgehead atoms. The normalized spacial score (nSPS) is 12.2. The van der Waals surface area contributed by atoms with Crippen LogP contribution in [-0.2, 0) is 12.8 Å². The van der Waals surface area contributed by atoms with Gasteiger partial charge >= 0.3 is 0 Å². The number of nitrogens with zero attached hydrogens (tertiary/aromatic N) is 5. The van der Waals surface area contributed by atoms with Crippen molar-refractivity contribution in [2.24, 2.45) is 0 Å². The summed E-state index contributed by atoms with van der Waals surface area (Å²) < 4.78 is 6.95. The van der Waals surface area contributed by atoms with E-state index < -0.39 is 0 Å². The van der Waals surface area contributed by atoms with Crippen LogP contribution in [0.5, 0.6) is 0 Å². The summed E-state index contributed by atoms with van der Waals surface area (Å²) in [6, 6.07) is 61.8. The molecule has 0 aliphatic heterocycles. The lowest BCUT2D eigenvalue weighted by Crippen LogP contribution is -2.10. The van der Waals surface area contributed by atoms with E-state index in [-0.39, 0.29) is 0 Å². The van der Waals surface area contributed by atoms with Gasteiger partial charge in [0.1, 0.15) is 12.1 Å². The molecule has 55 heavy (non-hydrogen) atoms. The van der Waals surface area contributed by atoms with Gasteiger partial charge < -0.3 is 13.7 Å². The molecule has 5 heteroatoms. The van der Waals surface area contributed by atoms with Gasteiger partial charge in [0, 0.05) is 49.6 Å². The molecule has 0 amide bonds. The minimum absolute atomic E-state index is 0.542. The highest BCUT2D eigenvalue weighted by molar-refractivity contribution is 6.10. The van der Waals surface area contributed by atoms with E-state index in [0.717, 1.165) is 74.0 Å². The number of hydrogen-bond donors (Lipinski definition) is 0. The number of aryl methyl sites for hydroxylation is 1. The second-order valence-corrected chi connectivity index (χ2v) is 14.2. The summed E-state index contributed by atoms with van der Waals surface area (Å²) in [4.78, 5) is 0. The van der Waals surface area contributed by atoms with Gasteiger partial charge in [-0.25, -0.2) is 0 Å². The van der Waals surface area contributed by atoms with Crippen molar-refractivity contribution in [2.45, 2.75) is 12.8 Å². The van der Waals surface area contributed by atoms with Crippen molar-refractivity contribution in [3.63, 3.8) is 0 Å². The zero-order valence-electron chi connectivity index (χ0n) is 29.7. The lowest BCUT2D eigenvalue weighted by molar-refractivity contribution is 0.862. The van der Waals surface area contributed by atoms with E-state index in [4.69, 9.17) is 0 Å². The van der Waals surface area contributed by atoms with E-state index in [1.165, 1.54) is 33.1 Å². The number of para-hydroxylation sites is 6. The van der Waals surface area contributed by atoms with Crippen LogP contribution in [0.25, 0.3) is 83.1 Å². The molecule has 3 heterocycles. The van der Waals surface area contributed by atoms with Crippen LogP contribution in [0.1, 0.15) is 22.4 Å². The molecule has 3 aromatic heterocycles. The van der Waals surface area contributed by atoms with Gasteiger partial charge in [0.05, 0.1) is 50.3 Å². The lowest BCUT2D eigenvalue weighted by Gasteiger charge is -2.22. The maximum Gasteiger partial charge on any atom is 0.102 e. The summed E-state index contributed by atoms with van der Waals surface area (Å²) in [7, 11) is 0. The van der Waals surface area contributed by atoms with Gasteiger partial charge in [-0.3, -0.25) is 0 Å². The fourth-order valence-electron chi connectivity index (χ4n) is 9.31. The van der Waals surface area contributed by atoms with E-state index in [0.29, 0.717) is 11.1 Å². The quantitative estimate of drug-likeness (QED) is 0.183. The molecule has 0 fully saturated rings. The van der Waals surface area contributed by atoms with Crippen LogP contribution in [0.4, 0.5) is 0 Å². The van der Waals surface area contributed by atoms with Crippen molar-refractivity contribution < 1.29 is 0 Å². The Balaban J connectivity index is 1.23. The molecule has 0 unspecified atom stereocenters. The zero-order valence-corrected chi connectivity index (χ0v) is 29.7. The first kappa shape index (κ1) is 31.0. The number of aromatic nitrogens is 3. The predicted octanol–water partition coefficient (Wildman–Crippen LogP) is 11.8. The number of hydrogen-bond acceptors (Lipinski definition) is 2. The van der Waals surface area contributed by atoms with E-state index in [1.807, 2.05) is 30.3 Å². The fraction of sp³-hybridized carbons (Fsp3) is 0.0400. The van der Waals surface area contributed by atoms with Crippen molar-refractivity contribution in [3.05, 3.63) is 186 Å². The van der Waals surface area contributed by atoms with E-state index in [1.54, 1.807) is 0 Å². The standard InChI is InChI=1S/C50H31N5/c51-30-32-14-12-22-38(49(32)54-42-23-8-4-17-35(42)36-18-5-9-24-43(36)54)34-21-13-27-46(41(34)31-52)55-44-25-10-6-19-37(44)39-28-29-47-48(50(39)55)40-20-7-11-26-45(40)53(47)33-15-2-1-3-16-33/h1-27H,28-29H2. The van der Waals surface area contributed by atoms with Crippen molar-refractivity contribution in [3.8, 4) is 51.6 Å². The largest absolute Gasteiger partial charge is 0.313 e. The zero-order chi connectivity index (χ0) is 36.6. The monoisotopic (exact) mass is 701 g/mol. The highest BCUT2D eigenvalue weighted by Gasteiger charge is 2.32. The van der Waals surface area contributed by atoms with Crippen LogP contribution in [-0.4, -0.2) is 13.7 Å². The Labute approximate surface area is 317 Å². The molecule has 256 valence electrons. The topological polar surface area (TPSA) is 62.4 Å². The highest BCUT2D eigenvalue weighted by atomic mass is 15.0. The van der Waals surface area contributed by atoms with Crippen LogP contribution in [0, 0.1) is 22.7 Å². The van der Waals surface area contributed by atoms with Crippen LogP contribution < -0.4 is 0 Å². The first-order valence-corrected chi connectivity index (χ1v) is 18.6. The van der Waals surface area contributed by atoms with Crippen molar-refractivity contribution in [1.29, 1.82) is 10.5 Å². The maximum atomic E-state index is 11.3. The minimum Gasteiger partial charge on any atom is -0.313 e. The molecule has 0 spiro atoms. The second kappa shape index (κ2) is 12.0. The molecule has 5 nitrogen and oxygen atoms in total. The Morgan fingerprint density at radius 3 is 1.67 bits per heavy atom. The summed E-state index contributed by atoms with van der Waals surface area (Å²) in [6.45, 7) is 0. The third-order valence-electron chi connectivity index (χ3n) is 11.5. The summed E-state index contributed by atoms with van der Waals surface area (Å²) in [6.07, 6.45) is 1.77. The Kier molecular flexibility index (Phi) is 6.74. The predicted molar refractivity (Wildman–Crippen MR) is 222 cm³/mol. The number of benzene rings is 7. The molecule has 1 aliphatic carbocycles. The van der Waals surface area contributed by atoms with Crippen molar-refractivity contribution >= 4 is 43.6 Å². The number of rotatable bonds is 4. The Morgan fingerprint density at radius 2 is 1.00 bits per heavy atom. The smallest absolute Gasteiger partial charge is 0.102 e. The van der Waals surface area contributed by atoms with Gasteiger partial charge in [-0.05, 0) is 66.9 Å². The van der Waals surface area contributed by atoms with E-state index in [2.05, 4.69) is 159 Å². The summed E-state index contributed by atoms with van der Waals surface area (Å²) in [5.74, 6) is 0. The van der Waals surface area contributed by atoms with Gasteiger partial charge in [-0.1, -0.05) is 115 Å². The van der Waals surface area contributed by atoms with Crippen molar-refractivity contribution in [2.75, 3.05) is 0 Å². The molecule has 10 aromatic rings. The fourth-order valence-corrected chi connectivity index (χ4v) is 9.31. The molecule has 0 radical (unpaired) electrons. The average Bonchev–Trinajstić information content (AvgIpc) is 3.89. The number of fused-ring (bicyclic) bond motifs is 10. The first-order valence-electron chi connectivity index (χ1n) is 18.6. The number of nitriles is 2. The highest BCUT2D eigenvalue weighted by Crippen LogP contribution is 2.48. The molecular weight excluding hydrogens is 671 g/mol. The van der Waals surface area contributed by atoms with Gasteiger partial charge in [-0.2, -0.15) is 10.5 Å². The van der Waals surface area contributed by atoms with Gasteiger partial charge in [0.25, 0.3) is 0 Å². The second-order valence-electron chi connectivity index (χ2n) is 14.2. The van der Waals surface area contributed by atoms with E-state index in [9.17, 15) is 10.5 Å². The molecule has 0 atom stereocenters. The molecular formula is C50H31N5. The molecule has 7 aromatic carbocycles. The molecule has 0 saturated carbocycles. The Morgan fingerprint density at radius 1 is 0.436 bits per heavy atom. The van der Waals surface area contributed by atoms with Gasteiger partial charge in [-0.15, -0.1) is 0 Å². The molecule has 11 rings (SSSR count). The molecule has 0 saturated heterocycles. The van der Waals surface area contributed by atoms with Crippen LogP contribution >= 0.6 is 0 Å². The SMILES string of the molecule is N#Cc1cccc(-c2cccc(-n3c4c(c5ccccc53)CCc3c-4c4ccccc4n3-c3ccccc3)c2C#N)c1-n1c2ccccc2c2ccccc21. The van der Waals surface area contributed by atoms with Crippen LogP contribution in [0.2, 0.25) is 0 Å². The third-order valence-corrected chi connectivity index (χ3v) is 11.5. The third kappa shape index (κ3) is 4.33. The summed E-state index contributed by atoms with van der Waals surface area (Å²) >= 11 is 0. The summed E-state index contributed by atoms with van der Waals surface area (Å²) in [5.41, 5.74) is 14.6. The maximum absolute atomic E-state index is 11.3. The minimum atomic E-state index is 0.542. The van der Waals surface area contributed by atoms with Gasteiger partial charge in [0.2, 0.25) is 0 Å². The lowest BCUT2D eigenvalue weighted by atomic mass is 9.91. The van der Waals surface area contributed by atoms with Gasteiger partial charge in [0.15, 0.2) is 0 Å². The first-order chi connectivity index (χ1) is 27.3. The van der Waals surface area contributed by atoms with Crippen LogP contribution in [0.3, 0.4) is 0 Å². The Hall–Kier alpha value is -7.60.